The highest BCUT2D eigenvalue weighted by atomic mass is 33.1. The monoisotopic (exact) mass is 370 g/mol. The summed E-state index contributed by atoms with van der Waals surface area (Å²) >= 11 is 0. The highest BCUT2D eigenvalue weighted by Gasteiger charge is 2.02. The standard InChI is InChI=1S/C14H31N2O3PS2/c1-13(15-2)12-22-21-11-8-14(17)16-9-6-4-5-7-10-19-20(3)18/h13,15,18H,4-12H2,1-3H3,(H,16,17). The molecule has 0 bridgehead atoms. The molecule has 0 heterocycles. The van der Waals surface area contributed by atoms with Gasteiger partial charge in [-0.25, -0.2) is 0 Å². The first-order valence-electron chi connectivity index (χ1n) is 7.80. The summed E-state index contributed by atoms with van der Waals surface area (Å²) in [5, 5.41) is 6.15. The van der Waals surface area contributed by atoms with Crippen LogP contribution in [-0.2, 0) is 9.32 Å². The van der Waals surface area contributed by atoms with E-state index in [9.17, 15) is 4.79 Å². The van der Waals surface area contributed by atoms with Crippen molar-refractivity contribution in [3.05, 3.63) is 0 Å². The number of amides is 1. The van der Waals surface area contributed by atoms with Crippen LogP contribution in [0.15, 0.2) is 0 Å². The molecule has 132 valence electrons. The van der Waals surface area contributed by atoms with Crippen molar-refractivity contribution in [2.75, 3.05) is 38.4 Å². The van der Waals surface area contributed by atoms with Crippen LogP contribution in [0.25, 0.3) is 0 Å². The second-order valence-corrected chi connectivity index (χ2v) is 8.92. The summed E-state index contributed by atoms with van der Waals surface area (Å²) in [6.07, 6.45) is 4.74. The Morgan fingerprint density at radius 1 is 1.27 bits per heavy atom. The Balaban J connectivity index is 3.22. The zero-order valence-corrected chi connectivity index (χ0v) is 16.5. The first-order chi connectivity index (χ1) is 10.6. The van der Waals surface area contributed by atoms with Crippen LogP contribution in [-0.4, -0.2) is 55.2 Å². The van der Waals surface area contributed by atoms with Gasteiger partial charge in [-0.05, 0) is 26.8 Å². The number of carbonyl (C=O) groups excluding carboxylic acids is 1. The van der Waals surface area contributed by atoms with E-state index in [-0.39, 0.29) is 5.91 Å². The Morgan fingerprint density at radius 3 is 2.68 bits per heavy atom. The van der Waals surface area contributed by atoms with Crippen molar-refractivity contribution in [1.82, 2.24) is 10.6 Å². The van der Waals surface area contributed by atoms with Crippen LogP contribution in [0.5, 0.6) is 0 Å². The van der Waals surface area contributed by atoms with Gasteiger partial charge in [0.15, 0.2) is 8.38 Å². The van der Waals surface area contributed by atoms with Gasteiger partial charge >= 0.3 is 0 Å². The van der Waals surface area contributed by atoms with Crippen LogP contribution in [0.1, 0.15) is 39.0 Å². The average Bonchev–Trinajstić information content (AvgIpc) is 2.48. The van der Waals surface area contributed by atoms with Crippen molar-refractivity contribution < 1.29 is 14.2 Å². The molecule has 0 aliphatic heterocycles. The molecule has 0 aromatic heterocycles. The molecule has 0 spiro atoms. The van der Waals surface area contributed by atoms with E-state index in [0.29, 0.717) is 19.1 Å². The lowest BCUT2D eigenvalue weighted by Gasteiger charge is -2.08. The predicted octanol–water partition coefficient (Wildman–Crippen LogP) is 2.99. The van der Waals surface area contributed by atoms with Gasteiger partial charge in [0.2, 0.25) is 5.91 Å². The second kappa shape index (κ2) is 16.3. The van der Waals surface area contributed by atoms with Gasteiger partial charge in [0.1, 0.15) is 0 Å². The van der Waals surface area contributed by atoms with Gasteiger partial charge in [0.05, 0.1) is 6.61 Å². The third kappa shape index (κ3) is 16.8. The number of nitrogens with one attached hydrogen (secondary N) is 2. The quantitative estimate of drug-likeness (QED) is 0.234. The van der Waals surface area contributed by atoms with Crippen molar-refractivity contribution in [3.63, 3.8) is 0 Å². The molecule has 0 fully saturated rings. The highest BCUT2D eigenvalue weighted by molar-refractivity contribution is 8.76. The average molecular weight is 371 g/mol. The van der Waals surface area contributed by atoms with E-state index >= 15 is 0 Å². The molecule has 0 aromatic carbocycles. The summed E-state index contributed by atoms with van der Waals surface area (Å²) in [5.74, 6) is 2.07. The van der Waals surface area contributed by atoms with E-state index in [1.807, 2.05) is 17.8 Å². The maximum atomic E-state index is 11.6. The molecule has 0 radical (unpaired) electrons. The predicted molar refractivity (Wildman–Crippen MR) is 101 cm³/mol. The molecule has 2 unspecified atom stereocenters. The molecule has 22 heavy (non-hydrogen) atoms. The molecule has 1 amide bonds. The van der Waals surface area contributed by atoms with Gasteiger partial charge in [0, 0.05) is 37.2 Å². The maximum Gasteiger partial charge on any atom is 0.220 e. The maximum absolute atomic E-state index is 11.6. The number of unbranched alkanes of at least 4 members (excludes halogenated alkanes) is 3. The van der Waals surface area contributed by atoms with E-state index in [1.54, 1.807) is 17.5 Å². The Hall–Kier alpha value is 0.480. The minimum Gasteiger partial charge on any atom is -0.356 e. The molecule has 3 N–H and O–H groups in total. The summed E-state index contributed by atoms with van der Waals surface area (Å²) in [6, 6.07) is 0.512. The van der Waals surface area contributed by atoms with Crippen molar-refractivity contribution in [2.45, 2.75) is 45.1 Å². The van der Waals surface area contributed by atoms with Crippen LogP contribution in [0, 0.1) is 0 Å². The van der Waals surface area contributed by atoms with Gasteiger partial charge < -0.3 is 20.1 Å². The number of rotatable bonds is 15. The third-order valence-corrected chi connectivity index (χ3v) is 6.12. The molecule has 8 heteroatoms. The SMILES string of the molecule is CNC(C)CSSCCC(=O)NCCCCCCOP(C)O. The molecule has 0 rings (SSSR count). The summed E-state index contributed by atoms with van der Waals surface area (Å²) in [7, 11) is 4.33. The topological polar surface area (TPSA) is 70.6 Å². The fourth-order valence-corrected chi connectivity index (χ4v) is 4.27. The largest absolute Gasteiger partial charge is 0.356 e. The summed E-state index contributed by atoms with van der Waals surface area (Å²) in [6.45, 7) is 5.22. The zero-order chi connectivity index (χ0) is 16.6. The van der Waals surface area contributed by atoms with E-state index in [4.69, 9.17) is 9.42 Å². The molecule has 0 aliphatic carbocycles. The van der Waals surface area contributed by atoms with Crippen LogP contribution in [0.3, 0.4) is 0 Å². The van der Waals surface area contributed by atoms with E-state index < -0.39 is 8.38 Å². The molecule has 0 aliphatic rings. The fraction of sp³-hybridized carbons (Fsp3) is 0.929. The fourth-order valence-electron chi connectivity index (χ4n) is 1.52. The van der Waals surface area contributed by atoms with E-state index in [1.165, 1.54) is 0 Å². The van der Waals surface area contributed by atoms with Gasteiger partial charge in [-0.1, -0.05) is 34.4 Å². The lowest BCUT2D eigenvalue weighted by atomic mass is 10.2. The van der Waals surface area contributed by atoms with Crippen LogP contribution >= 0.6 is 30.0 Å². The van der Waals surface area contributed by atoms with E-state index in [0.717, 1.165) is 43.7 Å². The second-order valence-electron chi connectivity index (χ2n) is 5.11. The smallest absolute Gasteiger partial charge is 0.220 e. The number of carbonyl (C=O) groups is 1. The molecule has 5 nitrogen and oxygen atoms in total. The van der Waals surface area contributed by atoms with Crippen LogP contribution < -0.4 is 10.6 Å². The minimum absolute atomic E-state index is 0.148. The summed E-state index contributed by atoms with van der Waals surface area (Å²) in [5.41, 5.74) is 0. The molecule has 0 saturated carbocycles. The number of hydrogen-bond donors (Lipinski definition) is 3. The normalized spacial score (nSPS) is 13.8. The Kier molecular flexibility index (Phi) is 16.7. The summed E-state index contributed by atoms with van der Waals surface area (Å²) in [4.78, 5) is 20.6. The third-order valence-electron chi connectivity index (χ3n) is 2.98. The van der Waals surface area contributed by atoms with Gasteiger partial charge in [-0.3, -0.25) is 4.79 Å². The molecule has 0 aromatic rings. The Morgan fingerprint density at radius 2 is 2.00 bits per heavy atom. The lowest BCUT2D eigenvalue weighted by molar-refractivity contribution is -0.120. The molecular weight excluding hydrogens is 339 g/mol. The molecule has 2 atom stereocenters. The minimum atomic E-state index is -1.21. The van der Waals surface area contributed by atoms with Crippen molar-refractivity contribution in [2.24, 2.45) is 0 Å². The van der Waals surface area contributed by atoms with Gasteiger partial charge in [-0.2, -0.15) is 0 Å². The van der Waals surface area contributed by atoms with Crippen molar-refractivity contribution in [3.8, 4) is 0 Å². The Bertz CT molecular complexity index is 274. The van der Waals surface area contributed by atoms with Gasteiger partial charge in [0.25, 0.3) is 0 Å². The first kappa shape index (κ1) is 22.5. The summed E-state index contributed by atoms with van der Waals surface area (Å²) < 4.78 is 5.11. The zero-order valence-electron chi connectivity index (χ0n) is 14.0. The molecular formula is C14H31N2O3PS2. The lowest BCUT2D eigenvalue weighted by Crippen LogP contribution is -2.24. The van der Waals surface area contributed by atoms with Crippen LogP contribution in [0.4, 0.5) is 0 Å². The van der Waals surface area contributed by atoms with E-state index in [2.05, 4.69) is 17.6 Å². The Labute approximate surface area is 144 Å². The van der Waals surface area contributed by atoms with Crippen molar-refractivity contribution >= 4 is 35.9 Å². The number of hydrogen-bond acceptors (Lipinski definition) is 6. The highest BCUT2D eigenvalue weighted by Crippen LogP contribution is 2.25. The van der Waals surface area contributed by atoms with Crippen LogP contribution in [0.2, 0.25) is 0 Å². The van der Waals surface area contributed by atoms with Gasteiger partial charge in [-0.15, -0.1) is 0 Å². The molecule has 0 saturated heterocycles. The van der Waals surface area contributed by atoms with Crippen molar-refractivity contribution in [1.29, 1.82) is 0 Å². The first-order valence-corrected chi connectivity index (χ1v) is 11.9.